The Hall–Kier alpha value is -4.39. The van der Waals surface area contributed by atoms with Gasteiger partial charge < -0.3 is 0 Å². The molecule has 2 aliphatic carbocycles. The monoisotopic (exact) mass is 466 g/mol. The number of hydrogen-bond donors (Lipinski definition) is 0. The van der Waals surface area contributed by atoms with E-state index in [1.165, 1.54) is 0 Å². The fraction of sp³-hybridized carbons (Fsp3) is 0.143. The molecule has 1 heterocycles. The summed E-state index contributed by atoms with van der Waals surface area (Å²) in [6.45, 7) is 0. The minimum absolute atomic E-state index is 0.183. The Morgan fingerprint density at radius 2 is 1.31 bits per heavy atom. The van der Waals surface area contributed by atoms with Gasteiger partial charge in [0.2, 0.25) is 11.8 Å². The number of benzene rings is 3. The van der Waals surface area contributed by atoms with E-state index < -0.39 is 40.1 Å². The van der Waals surface area contributed by atoms with Crippen LogP contribution in [0.3, 0.4) is 0 Å². The van der Waals surface area contributed by atoms with Crippen LogP contribution in [0.4, 0.5) is 15.8 Å². The minimum Gasteiger partial charge on any atom is -0.274 e. The lowest BCUT2D eigenvalue weighted by Gasteiger charge is -2.21. The number of nitrogens with zero attached hydrogens (tertiary/aromatic N) is 2. The predicted octanol–water partition coefficient (Wildman–Crippen LogP) is 5.16. The van der Waals surface area contributed by atoms with E-state index in [1.54, 1.807) is 0 Å². The summed E-state index contributed by atoms with van der Waals surface area (Å²) in [6.07, 6.45) is 3.95. The summed E-state index contributed by atoms with van der Waals surface area (Å²) in [6, 6.07) is 22.7. The van der Waals surface area contributed by atoms with Crippen molar-refractivity contribution in [2.45, 2.75) is 0 Å². The van der Waals surface area contributed by atoms with Crippen molar-refractivity contribution in [1.29, 1.82) is 0 Å². The van der Waals surface area contributed by atoms with E-state index in [1.807, 2.05) is 72.8 Å². The zero-order valence-electron chi connectivity index (χ0n) is 18.4. The molecule has 2 amide bonds. The Balaban J connectivity index is 1.49. The van der Waals surface area contributed by atoms with E-state index in [2.05, 4.69) is 0 Å². The smallest absolute Gasteiger partial charge is 0.274 e. The SMILES string of the molecule is O=C1[C@@H]2[C@@H](C(=O)N1c1ccc(F)cc1[N+](=O)[O-])[C@H]1C=C[C@H]2C1=C(c1ccccc1)c1ccccc1. The van der Waals surface area contributed by atoms with Crippen LogP contribution in [0.25, 0.3) is 5.57 Å². The van der Waals surface area contributed by atoms with Crippen LogP contribution in [0.15, 0.2) is 96.6 Å². The molecule has 3 aromatic carbocycles. The van der Waals surface area contributed by atoms with Gasteiger partial charge in [-0.3, -0.25) is 19.7 Å². The largest absolute Gasteiger partial charge is 0.296 e. The molecule has 172 valence electrons. The van der Waals surface area contributed by atoms with Crippen molar-refractivity contribution < 1.29 is 18.9 Å². The number of hydrogen-bond acceptors (Lipinski definition) is 4. The van der Waals surface area contributed by atoms with Crippen molar-refractivity contribution >= 4 is 28.8 Å². The molecule has 6 rings (SSSR count). The highest BCUT2D eigenvalue weighted by atomic mass is 19.1. The number of nitro benzene ring substituents is 1. The molecule has 4 atom stereocenters. The number of fused-ring (bicyclic) bond motifs is 5. The van der Waals surface area contributed by atoms with Crippen LogP contribution in [-0.2, 0) is 9.59 Å². The van der Waals surface area contributed by atoms with Crippen LogP contribution in [0, 0.1) is 39.6 Å². The number of carbonyl (C=O) groups excluding carboxylic acids is 2. The Bertz CT molecular complexity index is 1370. The lowest BCUT2D eigenvalue weighted by Crippen LogP contribution is -2.33. The van der Waals surface area contributed by atoms with Crippen molar-refractivity contribution in [2.24, 2.45) is 23.7 Å². The average molecular weight is 466 g/mol. The van der Waals surface area contributed by atoms with Gasteiger partial charge in [-0.25, -0.2) is 9.29 Å². The molecule has 1 aliphatic heterocycles. The summed E-state index contributed by atoms with van der Waals surface area (Å²) >= 11 is 0. The maximum atomic E-state index is 13.7. The maximum Gasteiger partial charge on any atom is 0.296 e. The molecule has 3 aromatic rings. The molecule has 6 nitrogen and oxygen atoms in total. The molecular weight excluding hydrogens is 447 g/mol. The molecule has 0 aromatic heterocycles. The lowest BCUT2D eigenvalue weighted by atomic mass is 9.85. The van der Waals surface area contributed by atoms with Crippen LogP contribution in [0.1, 0.15) is 11.1 Å². The van der Waals surface area contributed by atoms with Crippen molar-refractivity contribution in [2.75, 3.05) is 4.90 Å². The summed E-state index contributed by atoms with van der Waals surface area (Å²) < 4.78 is 13.7. The predicted molar refractivity (Wildman–Crippen MR) is 128 cm³/mol. The fourth-order valence-corrected chi connectivity index (χ4v) is 5.88. The van der Waals surface area contributed by atoms with Crippen LogP contribution >= 0.6 is 0 Å². The quantitative estimate of drug-likeness (QED) is 0.230. The molecule has 7 heteroatoms. The third-order valence-electron chi connectivity index (χ3n) is 7.20. The van der Waals surface area contributed by atoms with E-state index in [0.717, 1.165) is 45.4 Å². The highest BCUT2D eigenvalue weighted by Crippen LogP contribution is 2.59. The fourth-order valence-electron chi connectivity index (χ4n) is 5.88. The Morgan fingerprint density at radius 1 is 0.800 bits per heavy atom. The van der Waals surface area contributed by atoms with E-state index in [9.17, 15) is 24.1 Å². The van der Waals surface area contributed by atoms with Crippen molar-refractivity contribution in [3.8, 4) is 0 Å². The molecular formula is C28H19FN2O4. The van der Waals surface area contributed by atoms with Crippen molar-refractivity contribution in [3.63, 3.8) is 0 Å². The first kappa shape index (κ1) is 21.2. The second-order valence-corrected chi connectivity index (χ2v) is 8.95. The molecule has 2 bridgehead atoms. The zero-order chi connectivity index (χ0) is 24.3. The first-order valence-electron chi connectivity index (χ1n) is 11.3. The van der Waals surface area contributed by atoms with Crippen molar-refractivity contribution in [1.82, 2.24) is 0 Å². The van der Waals surface area contributed by atoms with Crippen LogP contribution in [0.5, 0.6) is 0 Å². The Labute approximate surface area is 200 Å². The van der Waals surface area contributed by atoms with Crippen LogP contribution in [-0.4, -0.2) is 16.7 Å². The van der Waals surface area contributed by atoms with Gasteiger partial charge >= 0.3 is 0 Å². The van der Waals surface area contributed by atoms with E-state index in [4.69, 9.17) is 0 Å². The van der Waals surface area contributed by atoms with Crippen LogP contribution < -0.4 is 4.90 Å². The second-order valence-electron chi connectivity index (χ2n) is 8.95. The third-order valence-corrected chi connectivity index (χ3v) is 7.20. The van der Waals surface area contributed by atoms with Gasteiger partial charge in [-0.2, -0.15) is 0 Å². The van der Waals surface area contributed by atoms with E-state index in [-0.39, 0.29) is 17.5 Å². The minimum atomic E-state index is -0.804. The molecule has 1 saturated carbocycles. The molecule has 0 radical (unpaired) electrons. The van der Waals surface area contributed by atoms with Gasteiger partial charge in [0.1, 0.15) is 11.5 Å². The maximum absolute atomic E-state index is 13.7. The number of rotatable bonds is 4. The number of carbonyl (C=O) groups is 2. The molecule has 0 N–H and O–H groups in total. The number of amides is 2. The molecule has 0 spiro atoms. The van der Waals surface area contributed by atoms with Gasteiger partial charge in [0, 0.05) is 11.8 Å². The topological polar surface area (TPSA) is 80.5 Å². The molecule has 2 fully saturated rings. The summed E-state index contributed by atoms with van der Waals surface area (Å²) in [7, 11) is 0. The van der Waals surface area contributed by atoms with Crippen LogP contribution in [0.2, 0.25) is 0 Å². The number of nitro groups is 1. The standard InChI is InChI=1S/C28H19FN2O4/c29-18-11-14-21(22(15-18)31(34)35)30-27(32)25-19-12-13-20(26(25)28(30)33)24(19)23(16-7-3-1-4-8-16)17-9-5-2-6-10-17/h1-15,19-20,25-26H/t19-,20-,25-,26-/m0/s1. The summed E-state index contributed by atoms with van der Waals surface area (Å²) in [5, 5.41) is 11.6. The summed E-state index contributed by atoms with van der Waals surface area (Å²) in [4.78, 5) is 38.9. The summed E-state index contributed by atoms with van der Waals surface area (Å²) in [5.41, 5.74) is 3.23. The molecule has 1 saturated heterocycles. The number of imide groups is 1. The third kappa shape index (κ3) is 3.08. The number of anilines is 1. The zero-order valence-corrected chi connectivity index (χ0v) is 18.4. The number of halogens is 1. The van der Waals surface area contributed by atoms with Gasteiger partial charge in [-0.1, -0.05) is 72.8 Å². The molecule has 35 heavy (non-hydrogen) atoms. The molecule has 0 unspecified atom stereocenters. The van der Waals surface area contributed by atoms with Gasteiger partial charge in [0.15, 0.2) is 0 Å². The first-order chi connectivity index (χ1) is 17.0. The second kappa shape index (κ2) is 7.84. The normalized spacial score (nSPS) is 24.3. The summed E-state index contributed by atoms with van der Waals surface area (Å²) in [5.74, 6) is -3.68. The van der Waals surface area contributed by atoms with Gasteiger partial charge in [-0.05, 0) is 34.4 Å². The van der Waals surface area contributed by atoms with E-state index in [0.29, 0.717) is 0 Å². The number of allylic oxidation sites excluding steroid dienone is 3. The van der Waals surface area contributed by atoms with Gasteiger partial charge in [0.25, 0.3) is 5.69 Å². The Kier molecular flexibility index (Phi) is 4.74. The Morgan fingerprint density at radius 3 is 1.80 bits per heavy atom. The first-order valence-corrected chi connectivity index (χ1v) is 11.3. The van der Waals surface area contributed by atoms with Gasteiger partial charge in [0.05, 0.1) is 22.8 Å². The highest BCUT2D eigenvalue weighted by molar-refractivity contribution is 6.24. The van der Waals surface area contributed by atoms with Crippen molar-refractivity contribution in [3.05, 3.63) is 124 Å². The molecule has 3 aliphatic rings. The van der Waals surface area contributed by atoms with Gasteiger partial charge in [-0.15, -0.1) is 0 Å². The highest BCUT2D eigenvalue weighted by Gasteiger charge is 2.63. The lowest BCUT2D eigenvalue weighted by molar-refractivity contribution is -0.384. The van der Waals surface area contributed by atoms with E-state index >= 15 is 0 Å². The average Bonchev–Trinajstić information content (AvgIpc) is 3.50.